The fourth-order valence-electron chi connectivity index (χ4n) is 3.88. The average Bonchev–Trinajstić information content (AvgIpc) is 3.15. The molecular formula is C23H26F3N3O2. The Morgan fingerprint density at radius 1 is 1.10 bits per heavy atom. The number of aryl methyl sites for hydroxylation is 1. The van der Waals surface area contributed by atoms with E-state index in [2.05, 4.69) is 5.32 Å². The first-order valence-electron chi connectivity index (χ1n) is 10.1. The van der Waals surface area contributed by atoms with Crippen molar-refractivity contribution in [2.45, 2.75) is 26.1 Å². The van der Waals surface area contributed by atoms with Gasteiger partial charge in [0.2, 0.25) is 11.8 Å². The SMILES string of the molecule is Cc1ccc(NC(=O)CN(C)C(=O)C2(C(F)(F)F)CCN(Cc3ccccc3)C2)cc1. The van der Waals surface area contributed by atoms with Crippen molar-refractivity contribution >= 4 is 17.5 Å². The molecule has 1 N–H and O–H groups in total. The molecule has 0 aliphatic carbocycles. The molecular weight excluding hydrogens is 407 g/mol. The van der Waals surface area contributed by atoms with E-state index in [0.717, 1.165) is 16.0 Å². The molecule has 166 valence electrons. The molecule has 3 rings (SSSR count). The number of amides is 2. The fourth-order valence-corrected chi connectivity index (χ4v) is 3.88. The van der Waals surface area contributed by atoms with Gasteiger partial charge in [-0.25, -0.2) is 0 Å². The first-order chi connectivity index (χ1) is 14.6. The zero-order valence-corrected chi connectivity index (χ0v) is 17.6. The van der Waals surface area contributed by atoms with Gasteiger partial charge in [-0.1, -0.05) is 48.0 Å². The summed E-state index contributed by atoms with van der Waals surface area (Å²) in [6, 6.07) is 16.2. The van der Waals surface area contributed by atoms with E-state index in [1.54, 1.807) is 17.0 Å². The second-order valence-corrected chi connectivity index (χ2v) is 8.10. The van der Waals surface area contributed by atoms with Crippen LogP contribution in [-0.4, -0.2) is 54.5 Å². The Labute approximate surface area is 179 Å². The van der Waals surface area contributed by atoms with Crippen molar-refractivity contribution in [1.29, 1.82) is 0 Å². The van der Waals surface area contributed by atoms with Crippen molar-refractivity contribution in [3.8, 4) is 0 Å². The molecule has 0 radical (unpaired) electrons. The van der Waals surface area contributed by atoms with Crippen LogP contribution in [0.4, 0.5) is 18.9 Å². The summed E-state index contributed by atoms with van der Waals surface area (Å²) in [6.45, 7) is 1.52. The number of halogens is 3. The molecule has 0 saturated carbocycles. The molecule has 8 heteroatoms. The van der Waals surface area contributed by atoms with Gasteiger partial charge in [-0.05, 0) is 37.6 Å². The summed E-state index contributed by atoms with van der Waals surface area (Å²) in [4.78, 5) is 27.8. The number of carbonyl (C=O) groups is 2. The minimum Gasteiger partial charge on any atom is -0.336 e. The highest BCUT2D eigenvalue weighted by molar-refractivity contribution is 5.95. The van der Waals surface area contributed by atoms with Crippen LogP contribution in [0.25, 0.3) is 0 Å². The van der Waals surface area contributed by atoms with Crippen LogP contribution < -0.4 is 5.32 Å². The average molecular weight is 433 g/mol. The molecule has 1 heterocycles. The van der Waals surface area contributed by atoms with Crippen LogP contribution in [0, 0.1) is 12.3 Å². The van der Waals surface area contributed by atoms with Crippen molar-refractivity contribution in [1.82, 2.24) is 9.80 Å². The second kappa shape index (κ2) is 9.09. The summed E-state index contributed by atoms with van der Waals surface area (Å²) in [5.41, 5.74) is -0.0879. The van der Waals surface area contributed by atoms with E-state index < -0.39 is 36.5 Å². The quantitative estimate of drug-likeness (QED) is 0.753. The Kier molecular flexibility index (Phi) is 6.69. The number of nitrogens with zero attached hydrogens (tertiary/aromatic N) is 2. The van der Waals surface area contributed by atoms with Gasteiger partial charge in [0.25, 0.3) is 0 Å². The molecule has 1 aliphatic rings. The highest BCUT2D eigenvalue weighted by Crippen LogP contribution is 2.47. The molecule has 1 unspecified atom stereocenters. The van der Waals surface area contributed by atoms with Crippen LogP contribution in [0.5, 0.6) is 0 Å². The van der Waals surface area contributed by atoms with Gasteiger partial charge in [-0.15, -0.1) is 0 Å². The molecule has 2 aromatic rings. The lowest BCUT2D eigenvalue weighted by Crippen LogP contribution is -2.54. The molecule has 1 saturated heterocycles. The van der Waals surface area contributed by atoms with Gasteiger partial charge in [0.05, 0.1) is 6.54 Å². The smallest absolute Gasteiger partial charge is 0.336 e. The monoisotopic (exact) mass is 433 g/mol. The van der Waals surface area contributed by atoms with E-state index in [0.29, 0.717) is 12.2 Å². The molecule has 2 aromatic carbocycles. The number of hydrogen-bond acceptors (Lipinski definition) is 3. The molecule has 1 atom stereocenters. The molecule has 5 nitrogen and oxygen atoms in total. The number of anilines is 1. The number of alkyl halides is 3. The minimum absolute atomic E-state index is 0.156. The lowest BCUT2D eigenvalue weighted by Gasteiger charge is -2.34. The molecule has 1 aliphatic heterocycles. The van der Waals surface area contributed by atoms with Crippen LogP contribution in [0.15, 0.2) is 54.6 Å². The van der Waals surface area contributed by atoms with Crippen LogP contribution in [0.3, 0.4) is 0 Å². The lowest BCUT2D eigenvalue weighted by atomic mass is 9.84. The number of likely N-dealkylation sites (tertiary alicyclic amines) is 1. The van der Waals surface area contributed by atoms with Crippen molar-refractivity contribution in [2.24, 2.45) is 5.41 Å². The summed E-state index contributed by atoms with van der Waals surface area (Å²) in [7, 11) is 1.24. The molecule has 0 spiro atoms. The van der Waals surface area contributed by atoms with Gasteiger partial charge in [0.1, 0.15) is 0 Å². The van der Waals surface area contributed by atoms with E-state index >= 15 is 0 Å². The number of hydrogen-bond donors (Lipinski definition) is 1. The van der Waals surface area contributed by atoms with Gasteiger partial charge < -0.3 is 10.2 Å². The molecule has 2 amide bonds. The predicted molar refractivity (Wildman–Crippen MR) is 112 cm³/mol. The summed E-state index contributed by atoms with van der Waals surface area (Å²) in [5, 5.41) is 2.61. The third-order valence-electron chi connectivity index (χ3n) is 5.61. The second-order valence-electron chi connectivity index (χ2n) is 8.10. The van der Waals surface area contributed by atoms with Crippen molar-refractivity contribution in [3.05, 3.63) is 65.7 Å². The Hall–Kier alpha value is -2.87. The summed E-state index contributed by atoms with van der Waals surface area (Å²) < 4.78 is 42.3. The molecule has 0 aromatic heterocycles. The predicted octanol–water partition coefficient (Wildman–Crippen LogP) is 3.85. The minimum atomic E-state index is -4.71. The van der Waals surface area contributed by atoms with E-state index in [-0.39, 0.29) is 13.0 Å². The topological polar surface area (TPSA) is 52.7 Å². The van der Waals surface area contributed by atoms with Crippen LogP contribution in [0.2, 0.25) is 0 Å². The molecule has 0 bridgehead atoms. The Morgan fingerprint density at radius 2 is 1.74 bits per heavy atom. The number of likely N-dealkylation sites (N-methyl/N-ethyl adjacent to an activating group) is 1. The van der Waals surface area contributed by atoms with E-state index in [4.69, 9.17) is 0 Å². The number of benzene rings is 2. The summed E-state index contributed by atoms with van der Waals surface area (Å²) >= 11 is 0. The van der Waals surface area contributed by atoms with Gasteiger partial charge in [-0.3, -0.25) is 14.5 Å². The Bertz CT molecular complexity index is 916. The summed E-state index contributed by atoms with van der Waals surface area (Å²) in [6.07, 6.45) is -5.04. The largest absolute Gasteiger partial charge is 0.404 e. The zero-order valence-electron chi connectivity index (χ0n) is 17.6. The molecule has 1 fully saturated rings. The van der Waals surface area contributed by atoms with E-state index in [1.165, 1.54) is 7.05 Å². The van der Waals surface area contributed by atoms with Crippen molar-refractivity contribution < 1.29 is 22.8 Å². The van der Waals surface area contributed by atoms with Gasteiger partial charge in [-0.2, -0.15) is 13.2 Å². The van der Waals surface area contributed by atoms with Gasteiger partial charge in [0.15, 0.2) is 5.41 Å². The maximum atomic E-state index is 14.1. The van der Waals surface area contributed by atoms with Gasteiger partial charge in [0, 0.05) is 25.8 Å². The highest BCUT2D eigenvalue weighted by Gasteiger charge is 2.63. The van der Waals surface area contributed by atoms with E-state index in [9.17, 15) is 22.8 Å². The van der Waals surface area contributed by atoms with Crippen molar-refractivity contribution in [2.75, 3.05) is 32.0 Å². The van der Waals surface area contributed by atoms with Crippen LogP contribution in [0.1, 0.15) is 17.5 Å². The maximum absolute atomic E-state index is 14.1. The fraction of sp³-hybridized carbons (Fsp3) is 0.391. The summed E-state index contributed by atoms with van der Waals surface area (Å²) in [5.74, 6) is -1.62. The first kappa shape index (κ1) is 22.8. The van der Waals surface area contributed by atoms with E-state index in [1.807, 2.05) is 49.4 Å². The Morgan fingerprint density at radius 3 is 2.35 bits per heavy atom. The Balaban J connectivity index is 1.68. The number of carbonyl (C=O) groups excluding carboxylic acids is 2. The maximum Gasteiger partial charge on any atom is 0.404 e. The van der Waals surface area contributed by atoms with Crippen LogP contribution >= 0.6 is 0 Å². The highest BCUT2D eigenvalue weighted by atomic mass is 19.4. The number of nitrogens with one attached hydrogen (secondary N) is 1. The first-order valence-corrected chi connectivity index (χ1v) is 10.1. The normalized spacial score (nSPS) is 19.3. The third-order valence-corrected chi connectivity index (χ3v) is 5.61. The standard InChI is InChI=1S/C23H26F3N3O2/c1-17-8-10-19(11-9-17)27-20(30)15-28(2)21(31)22(23(24,25)26)12-13-29(16-22)14-18-6-4-3-5-7-18/h3-11H,12-16H2,1-2H3,(H,27,30). The van der Waals surface area contributed by atoms with Crippen molar-refractivity contribution in [3.63, 3.8) is 0 Å². The lowest BCUT2D eigenvalue weighted by molar-refractivity contribution is -0.223. The van der Waals surface area contributed by atoms with Crippen LogP contribution in [-0.2, 0) is 16.1 Å². The zero-order chi connectivity index (χ0) is 22.6. The number of rotatable bonds is 6. The third kappa shape index (κ3) is 5.25. The molecule has 31 heavy (non-hydrogen) atoms. The van der Waals surface area contributed by atoms with Gasteiger partial charge >= 0.3 is 6.18 Å².